The molecule has 1 amide bonds. The Bertz CT molecular complexity index is 1070. The molecule has 2 heterocycles. The van der Waals surface area contributed by atoms with Crippen molar-refractivity contribution in [3.05, 3.63) is 59.2 Å². The number of fused-ring (bicyclic) bond motifs is 1. The van der Waals surface area contributed by atoms with E-state index in [-0.39, 0.29) is 17.8 Å². The molecule has 2 fully saturated rings. The molecule has 1 saturated heterocycles. The minimum atomic E-state index is -0.776. The molecule has 2 aromatic carbocycles. The maximum Gasteiger partial charge on any atom is 0.254 e. The number of nitrogens with zero attached hydrogens (tertiary/aromatic N) is 1. The third-order valence-electron chi connectivity index (χ3n) is 7.53. The van der Waals surface area contributed by atoms with Gasteiger partial charge in [-0.05, 0) is 86.9 Å². The lowest BCUT2D eigenvalue weighted by atomic mass is 9.95. The SMILES string of the molecule is CC(CC(CC1CC1)OC1CCNCC1)CN1CCc2ccc(Oc3ccc(F)cc3F)cc2C1=O. The van der Waals surface area contributed by atoms with Crippen molar-refractivity contribution < 1.29 is 23.0 Å². The topological polar surface area (TPSA) is 50.8 Å². The molecule has 5 rings (SSSR count). The number of hydrogen-bond donors (Lipinski definition) is 1. The predicted octanol–water partition coefficient (Wildman–Crippen LogP) is 5.72. The van der Waals surface area contributed by atoms with Crippen LogP contribution in [-0.2, 0) is 11.2 Å². The van der Waals surface area contributed by atoms with Gasteiger partial charge in [0.25, 0.3) is 5.91 Å². The van der Waals surface area contributed by atoms with E-state index in [2.05, 4.69) is 12.2 Å². The summed E-state index contributed by atoms with van der Waals surface area (Å²) in [5.74, 6) is -0.0350. The van der Waals surface area contributed by atoms with Crippen LogP contribution in [0.15, 0.2) is 36.4 Å². The highest BCUT2D eigenvalue weighted by Gasteiger charge is 2.31. The van der Waals surface area contributed by atoms with Crippen molar-refractivity contribution in [3.63, 3.8) is 0 Å². The van der Waals surface area contributed by atoms with Crippen molar-refractivity contribution >= 4 is 5.91 Å². The minimum Gasteiger partial charge on any atom is -0.454 e. The minimum absolute atomic E-state index is 0.0221. The summed E-state index contributed by atoms with van der Waals surface area (Å²) in [5.41, 5.74) is 1.56. The summed E-state index contributed by atoms with van der Waals surface area (Å²) in [4.78, 5) is 15.3. The van der Waals surface area contributed by atoms with Gasteiger partial charge in [-0.2, -0.15) is 0 Å². The molecule has 0 bridgehead atoms. The summed E-state index contributed by atoms with van der Waals surface area (Å²) in [7, 11) is 0. The summed E-state index contributed by atoms with van der Waals surface area (Å²) in [6, 6.07) is 8.46. The molecule has 2 atom stereocenters. The molecular formula is C29H36F2N2O3. The van der Waals surface area contributed by atoms with E-state index in [0.29, 0.717) is 36.4 Å². The molecule has 2 unspecified atom stereocenters. The van der Waals surface area contributed by atoms with Crippen LogP contribution < -0.4 is 10.1 Å². The maximum atomic E-state index is 14.0. The fourth-order valence-electron chi connectivity index (χ4n) is 5.46. The van der Waals surface area contributed by atoms with Crippen LogP contribution in [0.1, 0.15) is 61.4 Å². The summed E-state index contributed by atoms with van der Waals surface area (Å²) in [5, 5.41) is 3.40. The Morgan fingerprint density at radius 2 is 1.89 bits per heavy atom. The predicted molar refractivity (Wildman–Crippen MR) is 134 cm³/mol. The second-order valence-electron chi connectivity index (χ2n) is 10.7. The fourth-order valence-corrected chi connectivity index (χ4v) is 5.46. The van der Waals surface area contributed by atoms with E-state index < -0.39 is 11.6 Å². The van der Waals surface area contributed by atoms with Gasteiger partial charge in [0.1, 0.15) is 11.6 Å². The van der Waals surface area contributed by atoms with E-state index in [9.17, 15) is 13.6 Å². The van der Waals surface area contributed by atoms with Gasteiger partial charge in [-0.3, -0.25) is 4.79 Å². The standard InChI is InChI=1S/C29H36F2N2O3/c1-19(14-25(15-20-2-3-20)35-23-8-11-32-12-9-23)18-33-13-10-21-4-6-24(17-26(21)29(33)34)36-28-7-5-22(30)16-27(28)31/h4-7,16-17,19-20,23,25,32H,2-3,8-15,18H2,1H3. The third kappa shape index (κ3) is 6.43. The number of amides is 1. The number of carbonyl (C=O) groups is 1. The molecule has 1 N–H and O–H groups in total. The van der Waals surface area contributed by atoms with Gasteiger partial charge in [-0.15, -0.1) is 0 Å². The van der Waals surface area contributed by atoms with Crippen molar-refractivity contribution in [2.45, 2.75) is 64.1 Å². The van der Waals surface area contributed by atoms with E-state index in [1.54, 1.807) is 12.1 Å². The molecule has 0 spiro atoms. The van der Waals surface area contributed by atoms with Gasteiger partial charge >= 0.3 is 0 Å². The monoisotopic (exact) mass is 498 g/mol. The summed E-state index contributed by atoms with van der Waals surface area (Å²) in [6.45, 7) is 5.64. The number of nitrogens with one attached hydrogen (secondary N) is 1. The van der Waals surface area contributed by atoms with Crippen molar-refractivity contribution in [2.75, 3.05) is 26.2 Å². The lowest BCUT2D eigenvalue weighted by molar-refractivity contribution is -0.0433. The van der Waals surface area contributed by atoms with Crippen LogP contribution >= 0.6 is 0 Å². The first-order valence-electron chi connectivity index (χ1n) is 13.4. The largest absolute Gasteiger partial charge is 0.454 e. The molecule has 194 valence electrons. The molecule has 2 aromatic rings. The number of ether oxygens (including phenoxy) is 2. The highest BCUT2D eigenvalue weighted by molar-refractivity contribution is 5.97. The molecule has 0 aromatic heterocycles. The van der Waals surface area contributed by atoms with Crippen LogP contribution in [0.2, 0.25) is 0 Å². The van der Waals surface area contributed by atoms with Crippen LogP contribution in [0.3, 0.4) is 0 Å². The van der Waals surface area contributed by atoms with E-state index in [0.717, 1.165) is 68.8 Å². The van der Waals surface area contributed by atoms with Crippen LogP contribution in [0.25, 0.3) is 0 Å². The summed E-state index contributed by atoms with van der Waals surface area (Å²) < 4.78 is 39.4. The maximum absolute atomic E-state index is 14.0. The first-order valence-corrected chi connectivity index (χ1v) is 13.4. The molecule has 0 radical (unpaired) electrons. The van der Waals surface area contributed by atoms with Crippen molar-refractivity contribution in [1.82, 2.24) is 10.2 Å². The van der Waals surface area contributed by atoms with E-state index >= 15 is 0 Å². The van der Waals surface area contributed by atoms with Crippen molar-refractivity contribution in [1.29, 1.82) is 0 Å². The number of carbonyl (C=O) groups excluding carboxylic acids is 1. The average Bonchev–Trinajstić information content (AvgIpc) is 3.67. The zero-order chi connectivity index (χ0) is 25.1. The molecule has 36 heavy (non-hydrogen) atoms. The zero-order valence-electron chi connectivity index (χ0n) is 21.0. The number of piperidine rings is 1. The van der Waals surface area contributed by atoms with E-state index in [1.165, 1.54) is 18.9 Å². The van der Waals surface area contributed by atoms with Crippen LogP contribution in [0, 0.1) is 23.5 Å². The van der Waals surface area contributed by atoms with E-state index in [4.69, 9.17) is 9.47 Å². The Balaban J connectivity index is 1.21. The van der Waals surface area contributed by atoms with Gasteiger partial charge in [-0.25, -0.2) is 8.78 Å². The number of rotatable bonds is 10. The lowest BCUT2D eigenvalue weighted by Crippen LogP contribution is -2.41. The number of benzene rings is 2. The normalized spacial score (nSPS) is 20.2. The molecule has 1 aliphatic carbocycles. The molecular weight excluding hydrogens is 462 g/mol. The summed E-state index contributed by atoms with van der Waals surface area (Å²) in [6.07, 6.45) is 8.24. The van der Waals surface area contributed by atoms with Gasteiger partial charge < -0.3 is 19.7 Å². The Kier molecular flexibility index (Phi) is 7.87. The molecule has 7 heteroatoms. The highest BCUT2D eigenvalue weighted by atomic mass is 19.1. The Morgan fingerprint density at radius 3 is 2.64 bits per heavy atom. The van der Waals surface area contributed by atoms with Gasteiger partial charge in [-0.1, -0.05) is 25.8 Å². The Hall–Kier alpha value is -2.51. The van der Waals surface area contributed by atoms with Crippen molar-refractivity contribution in [3.8, 4) is 11.5 Å². The number of hydrogen-bond acceptors (Lipinski definition) is 4. The van der Waals surface area contributed by atoms with Gasteiger partial charge in [0.05, 0.1) is 12.2 Å². The fraction of sp³-hybridized carbons (Fsp3) is 0.552. The molecule has 3 aliphatic rings. The Morgan fingerprint density at radius 1 is 1.08 bits per heavy atom. The van der Waals surface area contributed by atoms with Gasteiger partial charge in [0.2, 0.25) is 0 Å². The average molecular weight is 499 g/mol. The second kappa shape index (κ2) is 11.3. The van der Waals surface area contributed by atoms with Crippen molar-refractivity contribution in [2.24, 2.45) is 11.8 Å². The molecule has 5 nitrogen and oxygen atoms in total. The molecule has 2 aliphatic heterocycles. The Labute approximate surface area is 212 Å². The van der Waals surface area contributed by atoms with Gasteiger partial charge in [0, 0.05) is 24.7 Å². The smallest absolute Gasteiger partial charge is 0.254 e. The lowest BCUT2D eigenvalue weighted by Gasteiger charge is -2.33. The number of halogens is 2. The quantitative estimate of drug-likeness (QED) is 0.455. The van der Waals surface area contributed by atoms with Crippen LogP contribution in [0.5, 0.6) is 11.5 Å². The van der Waals surface area contributed by atoms with Crippen LogP contribution in [0.4, 0.5) is 8.78 Å². The third-order valence-corrected chi connectivity index (χ3v) is 7.53. The van der Waals surface area contributed by atoms with Gasteiger partial charge in [0.15, 0.2) is 11.6 Å². The second-order valence-corrected chi connectivity index (χ2v) is 10.7. The van der Waals surface area contributed by atoms with Crippen LogP contribution in [-0.4, -0.2) is 49.2 Å². The van der Waals surface area contributed by atoms with E-state index in [1.807, 2.05) is 11.0 Å². The molecule has 1 saturated carbocycles. The zero-order valence-corrected chi connectivity index (χ0v) is 21.0. The first-order chi connectivity index (χ1) is 17.4. The highest BCUT2D eigenvalue weighted by Crippen LogP contribution is 2.36. The first kappa shape index (κ1) is 25.2. The summed E-state index contributed by atoms with van der Waals surface area (Å²) >= 11 is 0.